The lowest BCUT2D eigenvalue weighted by atomic mass is 9.84. The summed E-state index contributed by atoms with van der Waals surface area (Å²) in [5.41, 5.74) is 6.71. The third-order valence-corrected chi connectivity index (χ3v) is 5.90. The van der Waals surface area contributed by atoms with E-state index in [-0.39, 0.29) is 23.3 Å². The van der Waals surface area contributed by atoms with Crippen LogP contribution in [0.1, 0.15) is 37.7 Å². The van der Waals surface area contributed by atoms with Gasteiger partial charge in [0, 0.05) is 12.6 Å². The topological polar surface area (TPSA) is 81.4 Å². The van der Waals surface area contributed by atoms with Crippen molar-refractivity contribution in [1.29, 1.82) is 0 Å². The third kappa shape index (κ3) is 5.08. The van der Waals surface area contributed by atoms with E-state index in [4.69, 9.17) is 10.5 Å². The first kappa shape index (κ1) is 20.2. The van der Waals surface area contributed by atoms with E-state index < -0.39 is 10.0 Å². The lowest BCUT2D eigenvalue weighted by Gasteiger charge is -2.30. The Bertz CT molecular complexity index is 601. The SMILES string of the molecule is COc1ccc(C)cc1S(=O)(=O)NC(CN)C1CCCCC1.Cl. The fraction of sp³-hybridized carbons (Fsp3) is 0.625. The molecule has 5 nitrogen and oxygen atoms in total. The maximum absolute atomic E-state index is 12.7. The van der Waals surface area contributed by atoms with Crippen molar-refractivity contribution in [2.24, 2.45) is 11.7 Å². The van der Waals surface area contributed by atoms with Gasteiger partial charge in [0.2, 0.25) is 10.0 Å². The number of benzene rings is 1. The number of hydrogen-bond acceptors (Lipinski definition) is 4. The molecule has 2 rings (SSSR count). The Balaban J connectivity index is 0.00000264. The minimum absolute atomic E-state index is 0. The van der Waals surface area contributed by atoms with Crippen molar-refractivity contribution in [2.75, 3.05) is 13.7 Å². The van der Waals surface area contributed by atoms with E-state index in [0.717, 1.165) is 31.2 Å². The largest absolute Gasteiger partial charge is 0.495 e. The monoisotopic (exact) mass is 362 g/mol. The quantitative estimate of drug-likeness (QED) is 0.815. The molecule has 1 atom stereocenters. The second-order valence-corrected chi connectivity index (χ2v) is 7.70. The minimum atomic E-state index is -3.64. The summed E-state index contributed by atoms with van der Waals surface area (Å²) >= 11 is 0. The maximum atomic E-state index is 12.7. The Labute approximate surface area is 145 Å². The predicted molar refractivity (Wildman–Crippen MR) is 94.7 cm³/mol. The predicted octanol–water partition coefficient (Wildman–Crippen LogP) is 2.61. The highest BCUT2D eigenvalue weighted by Gasteiger charge is 2.29. The molecule has 132 valence electrons. The average Bonchev–Trinajstić information content (AvgIpc) is 2.53. The molecule has 0 heterocycles. The van der Waals surface area contributed by atoms with Crippen LogP contribution in [0.25, 0.3) is 0 Å². The van der Waals surface area contributed by atoms with Gasteiger partial charge in [0.05, 0.1) is 7.11 Å². The summed E-state index contributed by atoms with van der Waals surface area (Å²) in [5.74, 6) is 0.682. The summed E-state index contributed by atoms with van der Waals surface area (Å²) in [4.78, 5) is 0.184. The molecule has 0 spiro atoms. The van der Waals surface area contributed by atoms with Crippen molar-refractivity contribution in [3.8, 4) is 5.75 Å². The molecule has 0 saturated heterocycles. The van der Waals surface area contributed by atoms with Crippen LogP contribution >= 0.6 is 12.4 Å². The zero-order valence-electron chi connectivity index (χ0n) is 13.7. The normalized spacial score (nSPS) is 17.3. The number of ether oxygens (including phenoxy) is 1. The lowest BCUT2D eigenvalue weighted by molar-refractivity contribution is 0.294. The van der Waals surface area contributed by atoms with E-state index in [9.17, 15) is 8.42 Å². The van der Waals surface area contributed by atoms with Gasteiger partial charge in [0.25, 0.3) is 0 Å². The fourth-order valence-electron chi connectivity index (χ4n) is 3.13. The zero-order chi connectivity index (χ0) is 16.2. The molecule has 1 saturated carbocycles. The van der Waals surface area contributed by atoms with E-state index in [2.05, 4.69) is 4.72 Å². The highest BCUT2D eigenvalue weighted by Crippen LogP contribution is 2.29. The van der Waals surface area contributed by atoms with Crippen molar-refractivity contribution in [1.82, 2.24) is 4.72 Å². The molecular formula is C16H27ClN2O3S. The van der Waals surface area contributed by atoms with Crippen molar-refractivity contribution in [3.05, 3.63) is 23.8 Å². The smallest absolute Gasteiger partial charge is 0.244 e. The van der Waals surface area contributed by atoms with Crippen molar-refractivity contribution in [3.63, 3.8) is 0 Å². The molecule has 0 radical (unpaired) electrons. The molecule has 1 aliphatic rings. The van der Waals surface area contributed by atoms with E-state index >= 15 is 0 Å². The lowest BCUT2D eigenvalue weighted by Crippen LogP contribution is -2.45. The van der Waals surface area contributed by atoms with Crippen LogP contribution in [0.2, 0.25) is 0 Å². The van der Waals surface area contributed by atoms with Gasteiger partial charge in [-0.15, -0.1) is 12.4 Å². The Kier molecular flexibility index (Phi) is 7.80. The van der Waals surface area contributed by atoms with E-state index in [1.165, 1.54) is 13.5 Å². The number of rotatable bonds is 6. The van der Waals surface area contributed by atoms with Crippen LogP contribution in [0.5, 0.6) is 5.75 Å². The number of aryl methyl sites for hydroxylation is 1. The summed E-state index contributed by atoms with van der Waals surface area (Å²) < 4.78 is 33.5. The molecule has 1 aromatic carbocycles. The molecule has 3 N–H and O–H groups in total. The van der Waals surface area contributed by atoms with Gasteiger partial charge in [-0.05, 0) is 43.4 Å². The van der Waals surface area contributed by atoms with Gasteiger partial charge in [-0.25, -0.2) is 13.1 Å². The molecule has 0 amide bonds. The molecule has 7 heteroatoms. The van der Waals surface area contributed by atoms with Gasteiger partial charge in [-0.2, -0.15) is 0 Å². The molecule has 1 aliphatic carbocycles. The maximum Gasteiger partial charge on any atom is 0.244 e. The molecular weight excluding hydrogens is 336 g/mol. The summed E-state index contributed by atoms with van der Waals surface area (Å²) in [6.07, 6.45) is 5.60. The summed E-state index contributed by atoms with van der Waals surface area (Å²) in [5, 5.41) is 0. The molecule has 0 bridgehead atoms. The molecule has 0 aliphatic heterocycles. The first-order chi connectivity index (χ1) is 10.5. The highest BCUT2D eigenvalue weighted by atomic mass is 35.5. The fourth-order valence-corrected chi connectivity index (χ4v) is 4.70. The van der Waals surface area contributed by atoms with Crippen molar-refractivity contribution in [2.45, 2.75) is 50.0 Å². The Morgan fingerprint density at radius 1 is 1.30 bits per heavy atom. The second-order valence-electron chi connectivity index (χ2n) is 6.02. The van der Waals surface area contributed by atoms with Gasteiger partial charge in [-0.1, -0.05) is 25.3 Å². The van der Waals surface area contributed by atoms with Gasteiger partial charge < -0.3 is 10.5 Å². The van der Waals surface area contributed by atoms with Crippen molar-refractivity contribution < 1.29 is 13.2 Å². The summed E-state index contributed by atoms with van der Waals surface area (Å²) in [7, 11) is -2.16. The number of nitrogens with two attached hydrogens (primary N) is 1. The minimum Gasteiger partial charge on any atom is -0.495 e. The van der Waals surface area contributed by atoms with E-state index in [1.807, 2.05) is 13.0 Å². The van der Waals surface area contributed by atoms with Gasteiger partial charge in [0.15, 0.2) is 0 Å². The van der Waals surface area contributed by atoms with Crippen LogP contribution in [0.15, 0.2) is 23.1 Å². The second kappa shape index (κ2) is 8.87. The Morgan fingerprint density at radius 2 is 1.96 bits per heavy atom. The van der Waals surface area contributed by atoms with E-state index in [0.29, 0.717) is 18.2 Å². The highest BCUT2D eigenvalue weighted by molar-refractivity contribution is 7.89. The van der Waals surface area contributed by atoms with Crippen LogP contribution in [0.4, 0.5) is 0 Å². The summed E-state index contributed by atoms with van der Waals surface area (Å²) in [6.45, 7) is 2.18. The van der Waals surface area contributed by atoms with Crippen LogP contribution in [0, 0.1) is 12.8 Å². The van der Waals surface area contributed by atoms with E-state index in [1.54, 1.807) is 12.1 Å². The molecule has 23 heavy (non-hydrogen) atoms. The van der Waals surface area contributed by atoms with Crippen molar-refractivity contribution >= 4 is 22.4 Å². The number of hydrogen-bond donors (Lipinski definition) is 2. The van der Waals surface area contributed by atoms with Crippen LogP contribution in [0.3, 0.4) is 0 Å². The van der Waals surface area contributed by atoms with Crippen LogP contribution < -0.4 is 15.2 Å². The van der Waals surface area contributed by atoms with Gasteiger partial charge >= 0.3 is 0 Å². The van der Waals surface area contributed by atoms with Crippen LogP contribution in [-0.2, 0) is 10.0 Å². The Hall–Kier alpha value is -0.820. The number of nitrogens with one attached hydrogen (secondary N) is 1. The first-order valence-corrected chi connectivity index (χ1v) is 9.33. The molecule has 0 aromatic heterocycles. The molecule has 1 unspecified atom stereocenters. The van der Waals surface area contributed by atoms with Gasteiger partial charge in [0.1, 0.15) is 10.6 Å². The summed E-state index contributed by atoms with van der Waals surface area (Å²) in [6, 6.07) is 4.94. The standard InChI is InChI=1S/C16H26N2O3S.ClH/c1-12-8-9-15(21-2)16(10-12)22(19,20)18-14(11-17)13-6-4-3-5-7-13;/h8-10,13-14,18H,3-7,11,17H2,1-2H3;1H. The third-order valence-electron chi connectivity index (χ3n) is 4.39. The number of methoxy groups -OCH3 is 1. The molecule has 1 aromatic rings. The number of halogens is 1. The molecule has 1 fully saturated rings. The zero-order valence-corrected chi connectivity index (χ0v) is 15.4. The Morgan fingerprint density at radius 3 is 2.52 bits per heavy atom. The average molecular weight is 363 g/mol. The first-order valence-electron chi connectivity index (χ1n) is 7.85. The van der Waals surface area contributed by atoms with Gasteiger partial charge in [-0.3, -0.25) is 0 Å². The van der Waals surface area contributed by atoms with Crippen LogP contribution in [-0.4, -0.2) is 28.1 Å². The number of sulfonamides is 1.